The minimum absolute atomic E-state index is 0.211. The molecule has 1 amide bonds. The lowest BCUT2D eigenvalue weighted by molar-refractivity contribution is 0.0963. The highest BCUT2D eigenvalue weighted by molar-refractivity contribution is 5.96. The summed E-state index contributed by atoms with van der Waals surface area (Å²) in [7, 11) is 3.28. The van der Waals surface area contributed by atoms with E-state index in [9.17, 15) is 9.18 Å². The van der Waals surface area contributed by atoms with Crippen LogP contribution in [0.2, 0.25) is 0 Å². The Kier molecular flexibility index (Phi) is 3.89. The van der Waals surface area contributed by atoms with Crippen LogP contribution in [0.4, 0.5) is 21.5 Å². The van der Waals surface area contributed by atoms with Gasteiger partial charge in [0.25, 0.3) is 5.91 Å². The first-order valence-electron chi connectivity index (χ1n) is 6.14. The van der Waals surface area contributed by atoms with Crippen molar-refractivity contribution < 1.29 is 9.18 Å². The third kappa shape index (κ3) is 2.56. The largest absolute Gasteiger partial charge is 0.397 e. The molecule has 0 spiro atoms. The Bertz CT molecular complexity index is 643. The molecule has 0 fully saturated rings. The van der Waals surface area contributed by atoms with E-state index in [1.165, 1.54) is 6.07 Å². The smallest absolute Gasteiger partial charge is 0.251 e. The van der Waals surface area contributed by atoms with Crippen molar-refractivity contribution >= 4 is 23.0 Å². The van der Waals surface area contributed by atoms with Crippen LogP contribution >= 0.6 is 0 Å². The fraction of sp³-hybridized carbons (Fsp3) is 0.133. The highest BCUT2D eigenvalue weighted by atomic mass is 19.1. The number of hydrogen-bond donors (Lipinski definition) is 2. The van der Waals surface area contributed by atoms with Gasteiger partial charge < -0.3 is 16.0 Å². The summed E-state index contributed by atoms with van der Waals surface area (Å²) in [5.74, 6) is -0.540. The Balaban J connectivity index is 2.39. The van der Waals surface area contributed by atoms with Crippen LogP contribution in [0.5, 0.6) is 0 Å². The van der Waals surface area contributed by atoms with Gasteiger partial charge in [-0.2, -0.15) is 0 Å². The molecule has 4 nitrogen and oxygen atoms in total. The molecule has 3 N–H and O–H groups in total. The van der Waals surface area contributed by atoms with Crippen molar-refractivity contribution in [3.05, 3.63) is 53.8 Å². The average Bonchev–Trinajstić information content (AvgIpc) is 2.46. The number of nitrogens with zero attached hydrogens (tertiary/aromatic N) is 1. The van der Waals surface area contributed by atoms with Gasteiger partial charge in [-0.15, -0.1) is 0 Å². The van der Waals surface area contributed by atoms with E-state index < -0.39 is 0 Å². The number of nitrogens with two attached hydrogens (primary N) is 1. The maximum absolute atomic E-state index is 13.8. The second-order valence-corrected chi connectivity index (χ2v) is 4.36. The SMILES string of the molecule is CNC(=O)c1ccc(N(C)c2ccccc2F)c(N)c1. The topological polar surface area (TPSA) is 58.4 Å². The normalized spacial score (nSPS) is 10.2. The molecular weight excluding hydrogens is 257 g/mol. The number of rotatable bonds is 3. The van der Waals surface area contributed by atoms with Gasteiger partial charge in [0.2, 0.25) is 0 Å². The zero-order valence-corrected chi connectivity index (χ0v) is 11.4. The van der Waals surface area contributed by atoms with Crippen LogP contribution in [0, 0.1) is 5.82 Å². The van der Waals surface area contributed by atoms with E-state index in [2.05, 4.69) is 5.32 Å². The molecule has 0 unspecified atom stereocenters. The van der Waals surface area contributed by atoms with Gasteiger partial charge in [-0.05, 0) is 30.3 Å². The third-order valence-electron chi connectivity index (χ3n) is 3.09. The van der Waals surface area contributed by atoms with Crippen LogP contribution in [-0.4, -0.2) is 20.0 Å². The molecule has 2 aromatic rings. The quantitative estimate of drug-likeness (QED) is 0.845. The lowest BCUT2D eigenvalue weighted by Crippen LogP contribution is -2.19. The van der Waals surface area contributed by atoms with Crippen molar-refractivity contribution in [3.8, 4) is 0 Å². The first-order chi connectivity index (χ1) is 9.54. The van der Waals surface area contributed by atoms with E-state index >= 15 is 0 Å². The number of carbonyl (C=O) groups excluding carboxylic acids is 1. The molecule has 2 rings (SSSR count). The minimum Gasteiger partial charge on any atom is -0.397 e. The predicted octanol–water partition coefficient (Wildman–Crippen LogP) is 2.54. The maximum atomic E-state index is 13.8. The Morgan fingerprint density at radius 1 is 1.20 bits per heavy atom. The van der Waals surface area contributed by atoms with E-state index in [1.807, 2.05) is 0 Å². The Morgan fingerprint density at radius 2 is 1.90 bits per heavy atom. The van der Waals surface area contributed by atoms with Gasteiger partial charge in [-0.3, -0.25) is 4.79 Å². The van der Waals surface area contributed by atoms with Crippen LogP contribution in [0.15, 0.2) is 42.5 Å². The predicted molar refractivity (Wildman–Crippen MR) is 78.7 cm³/mol. The summed E-state index contributed by atoms with van der Waals surface area (Å²) in [4.78, 5) is 13.2. The molecule has 0 atom stereocenters. The van der Waals surface area contributed by atoms with Gasteiger partial charge in [0, 0.05) is 19.7 Å². The van der Waals surface area contributed by atoms with Gasteiger partial charge in [0.15, 0.2) is 0 Å². The zero-order chi connectivity index (χ0) is 14.7. The van der Waals surface area contributed by atoms with Crippen LogP contribution in [0.25, 0.3) is 0 Å². The molecule has 0 aliphatic heterocycles. The number of benzene rings is 2. The highest BCUT2D eigenvalue weighted by Crippen LogP contribution is 2.31. The number of halogens is 1. The van der Waals surface area contributed by atoms with Crippen molar-refractivity contribution in [1.82, 2.24) is 5.32 Å². The van der Waals surface area contributed by atoms with Crippen LogP contribution in [0.1, 0.15) is 10.4 Å². The highest BCUT2D eigenvalue weighted by Gasteiger charge is 2.13. The first kappa shape index (κ1) is 13.9. The Hall–Kier alpha value is -2.56. The number of carbonyl (C=O) groups is 1. The van der Waals surface area contributed by atoms with E-state index in [0.29, 0.717) is 22.6 Å². The number of hydrogen-bond acceptors (Lipinski definition) is 3. The number of amides is 1. The van der Waals surface area contributed by atoms with Crippen LogP contribution in [-0.2, 0) is 0 Å². The third-order valence-corrected chi connectivity index (χ3v) is 3.09. The summed E-state index contributed by atoms with van der Waals surface area (Å²) in [5.41, 5.74) is 7.90. The number of para-hydroxylation sites is 1. The minimum atomic E-state index is -0.329. The number of anilines is 3. The summed E-state index contributed by atoms with van der Waals surface area (Å²) < 4.78 is 13.8. The zero-order valence-electron chi connectivity index (χ0n) is 11.4. The van der Waals surface area contributed by atoms with E-state index in [0.717, 1.165) is 0 Å². The molecule has 0 aromatic heterocycles. The molecule has 0 radical (unpaired) electrons. The second kappa shape index (κ2) is 5.61. The second-order valence-electron chi connectivity index (χ2n) is 4.36. The summed E-state index contributed by atoms with van der Waals surface area (Å²) >= 11 is 0. The Labute approximate surface area is 117 Å². The van der Waals surface area contributed by atoms with Crippen molar-refractivity contribution in [2.45, 2.75) is 0 Å². The van der Waals surface area contributed by atoms with Crippen molar-refractivity contribution in [1.29, 1.82) is 0 Å². The lowest BCUT2D eigenvalue weighted by Gasteiger charge is -2.22. The number of nitrogen functional groups attached to an aromatic ring is 1. The average molecular weight is 273 g/mol. The molecule has 0 bridgehead atoms. The van der Waals surface area contributed by atoms with Gasteiger partial charge in [-0.25, -0.2) is 4.39 Å². The van der Waals surface area contributed by atoms with Crippen molar-refractivity contribution in [2.75, 3.05) is 24.7 Å². The van der Waals surface area contributed by atoms with Crippen molar-refractivity contribution in [3.63, 3.8) is 0 Å². The monoisotopic (exact) mass is 273 g/mol. The maximum Gasteiger partial charge on any atom is 0.251 e. The molecular formula is C15H16FN3O. The lowest BCUT2D eigenvalue weighted by atomic mass is 10.1. The summed E-state index contributed by atoms with van der Waals surface area (Å²) in [6.45, 7) is 0. The van der Waals surface area contributed by atoms with E-state index in [4.69, 9.17) is 5.73 Å². The van der Waals surface area contributed by atoms with E-state index in [-0.39, 0.29) is 11.7 Å². The van der Waals surface area contributed by atoms with Crippen LogP contribution in [0.3, 0.4) is 0 Å². The van der Waals surface area contributed by atoms with Gasteiger partial charge >= 0.3 is 0 Å². The fourth-order valence-corrected chi connectivity index (χ4v) is 2.00. The Morgan fingerprint density at radius 3 is 2.50 bits per heavy atom. The van der Waals surface area contributed by atoms with Gasteiger partial charge in [0.05, 0.1) is 17.1 Å². The molecule has 20 heavy (non-hydrogen) atoms. The standard InChI is InChI=1S/C15H16FN3O/c1-18-15(20)10-7-8-14(12(17)9-10)19(2)13-6-4-3-5-11(13)16/h3-9H,17H2,1-2H3,(H,18,20). The summed E-state index contributed by atoms with van der Waals surface area (Å²) in [6.07, 6.45) is 0. The molecule has 104 valence electrons. The molecule has 0 saturated heterocycles. The first-order valence-corrected chi connectivity index (χ1v) is 6.14. The summed E-state index contributed by atoms with van der Waals surface area (Å²) in [6, 6.07) is 11.4. The number of nitrogens with one attached hydrogen (secondary N) is 1. The molecule has 2 aromatic carbocycles. The molecule has 0 aliphatic rings. The van der Waals surface area contributed by atoms with Gasteiger partial charge in [-0.1, -0.05) is 12.1 Å². The molecule has 0 aliphatic carbocycles. The van der Waals surface area contributed by atoms with Crippen LogP contribution < -0.4 is 16.0 Å². The molecule has 0 heterocycles. The molecule has 0 saturated carbocycles. The fourth-order valence-electron chi connectivity index (χ4n) is 2.00. The van der Waals surface area contributed by atoms with E-state index in [1.54, 1.807) is 55.4 Å². The van der Waals surface area contributed by atoms with Crippen molar-refractivity contribution in [2.24, 2.45) is 0 Å². The van der Waals surface area contributed by atoms with Gasteiger partial charge in [0.1, 0.15) is 5.82 Å². The summed E-state index contributed by atoms with van der Waals surface area (Å²) in [5, 5.41) is 2.53. The molecule has 5 heteroatoms.